The van der Waals surface area contributed by atoms with Gasteiger partial charge < -0.3 is 10.1 Å². The molecular weight excluding hydrogens is 328 g/mol. The lowest BCUT2D eigenvalue weighted by Gasteiger charge is -2.11. The highest BCUT2D eigenvalue weighted by atomic mass is 32.2. The van der Waals surface area contributed by atoms with E-state index in [0.29, 0.717) is 24.4 Å². The fourth-order valence-corrected chi connectivity index (χ4v) is 2.69. The first kappa shape index (κ1) is 17.8. The average Bonchev–Trinajstić information content (AvgIpc) is 2.53. The van der Waals surface area contributed by atoms with Crippen LogP contribution in [0.25, 0.3) is 0 Å². The lowest BCUT2D eigenvalue weighted by molar-refractivity contribution is 0.0950. The molecule has 24 heavy (non-hydrogen) atoms. The van der Waals surface area contributed by atoms with Gasteiger partial charge in [-0.2, -0.15) is 0 Å². The fraction of sp³-hybridized carbons (Fsp3) is 0.235. The third-order valence-corrected chi connectivity index (χ3v) is 3.77. The number of para-hydroxylation sites is 1. The molecule has 0 saturated heterocycles. The van der Waals surface area contributed by atoms with Gasteiger partial charge in [-0.3, -0.25) is 9.52 Å². The van der Waals surface area contributed by atoms with Crippen LogP contribution < -0.4 is 14.8 Å². The van der Waals surface area contributed by atoms with Gasteiger partial charge in [-0.1, -0.05) is 18.2 Å². The molecule has 1 amide bonds. The van der Waals surface area contributed by atoms with Gasteiger partial charge in [0, 0.05) is 23.4 Å². The Labute approximate surface area is 141 Å². The summed E-state index contributed by atoms with van der Waals surface area (Å²) >= 11 is 0. The molecule has 6 nitrogen and oxygen atoms in total. The minimum absolute atomic E-state index is 0.243. The van der Waals surface area contributed by atoms with Gasteiger partial charge in [0.15, 0.2) is 0 Å². The quantitative estimate of drug-likeness (QED) is 0.805. The summed E-state index contributed by atoms with van der Waals surface area (Å²) in [6.07, 6.45) is 1.07. The van der Waals surface area contributed by atoms with Crippen LogP contribution >= 0.6 is 0 Å². The van der Waals surface area contributed by atoms with Crippen LogP contribution in [0, 0.1) is 0 Å². The van der Waals surface area contributed by atoms with Crippen molar-refractivity contribution in [2.45, 2.75) is 13.5 Å². The van der Waals surface area contributed by atoms with Crippen molar-refractivity contribution in [1.82, 2.24) is 5.32 Å². The number of anilines is 1. The Kier molecular flexibility index (Phi) is 5.81. The molecule has 0 radical (unpaired) electrons. The van der Waals surface area contributed by atoms with Crippen molar-refractivity contribution in [3.8, 4) is 5.75 Å². The zero-order chi connectivity index (χ0) is 17.6. The predicted octanol–water partition coefficient (Wildman–Crippen LogP) is 2.39. The Balaban J connectivity index is 2.00. The standard InChI is InChI=1S/C17H20N2O4S/c1-3-23-16-7-5-4-6-14(16)12-18-17(20)13-8-10-15(11-9-13)19-24(2,21)22/h4-11,19H,3,12H2,1-2H3,(H,18,20). The minimum Gasteiger partial charge on any atom is -0.494 e. The van der Waals surface area contributed by atoms with Crippen molar-refractivity contribution >= 4 is 21.6 Å². The number of benzene rings is 2. The number of ether oxygens (including phenoxy) is 1. The number of nitrogens with one attached hydrogen (secondary N) is 2. The van der Waals surface area contributed by atoms with E-state index in [1.54, 1.807) is 24.3 Å². The minimum atomic E-state index is -3.33. The van der Waals surface area contributed by atoms with Crippen LogP contribution in [0.2, 0.25) is 0 Å². The van der Waals surface area contributed by atoms with E-state index in [9.17, 15) is 13.2 Å². The maximum absolute atomic E-state index is 12.2. The molecule has 0 unspecified atom stereocenters. The summed E-state index contributed by atoms with van der Waals surface area (Å²) in [5, 5.41) is 2.82. The highest BCUT2D eigenvalue weighted by molar-refractivity contribution is 7.92. The largest absolute Gasteiger partial charge is 0.494 e. The highest BCUT2D eigenvalue weighted by Gasteiger charge is 2.08. The van der Waals surface area contributed by atoms with E-state index in [2.05, 4.69) is 10.0 Å². The molecule has 2 aromatic carbocycles. The van der Waals surface area contributed by atoms with Crippen molar-refractivity contribution < 1.29 is 17.9 Å². The van der Waals surface area contributed by atoms with Crippen LogP contribution in [0.15, 0.2) is 48.5 Å². The monoisotopic (exact) mass is 348 g/mol. The Morgan fingerprint density at radius 3 is 2.38 bits per heavy atom. The molecule has 0 aliphatic heterocycles. The van der Waals surface area contributed by atoms with Gasteiger partial charge in [0.2, 0.25) is 10.0 Å². The smallest absolute Gasteiger partial charge is 0.251 e. The summed E-state index contributed by atoms with van der Waals surface area (Å²) in [5.74, 6) is 0.500. The molecule has 0 atom stereocenters. The third-order valence-electron chi connectivity index (χ3n) is 3.16. The Hall–Kier alpha value is -2.54. The number of hydrogen-bond acceptors (Lipinski definition) is 4. The first-order valence-electron chi connectivity index (χ1n) is 7.46. The van der Waals surface area contributed by atoms with Crippen LogP contribution in [0.3, 0.4) is 0 Å². The molecule has 0 heterocycles. The summed E-state index contributed by atoms with van der Waals surface area (Å²) in [4.78, 5) is 12.2. The first-order valence-corrected chi connectivity index (χ1v) is 9.35. The molecule has 0 aliphatic rings. The molecule has 2 aromatic rings. The summed E-state index contributed by atoms with van der Waals surface area (Å²) in [6.45, 7) is 2.81. The van der Waals surface area contributed by atoms with Gasteiger partial charge in [-0.25, -0.2) is 8.42 Å². The van der Waals surface area contributed by atoms with Crippen LogP contribution in [-0.4, -0.2) is 27.2 Å². The number of amides is 1. The van der Waals surface area contributed by atoms with Gasteiger partial charge in [-0.15, -0.1) is 0 Å². The molecule has 0 saturated carbocycles. The number of sulfonamides is 1. The van der Waals surface area contributed by atoms with Crippen LogP contribution in [0.4, 0.5) is 5.69 Å². The number of hydrogen-bond donors (Lipinski definition) is 2. The highest BCUT2D eigenvalue weighted by Crippen LogP contribution is 2.18. The molecule has 0 aromatic heterocycles. The summed E-state index contributed by atoms with van der Waals surface area (Å²) < 4.78 is 30.2. The van der Waals surface area contributed by atoms with Gasteiger partial charge in [0.05, 0.1) is 12.9 Å². The van der Waals surface area contributed by atoms with Crippen LogP contribution in [0.1, 0.15) is 22.8 Å². The topological polar surface area (TPSA) is 84.5 Å². The van der Waals surface area contributed by atoms with E-state index in [1.807, 2.05) is 31.2 Å². The number of carbonyl (C=O) groups excluding carboxylic acids is 1. The van der Waals surface area contributed by atoms with Crippen molar-refractivity contribution in [2.75, 3.05) is 17.6 Å². The maximum atomic E-state index is 12.2. The van der Waals surface area contributed by atoms with Crippen molar-refractivity contribution in [2.24, 2.45) is 0 Å². The normalized spacial score (nSPS) is 10.9. The molecule has 0 aliphatic carbocycles. The van der Waals surface area contributed by atoms with Gasteiger partial charge in [-0.05, 0) is 37.3 Å². The lowest BCUT2D eigenvalue weighted by atomic mass is 10.1. The van der Waals surface area contributed by atoms with Gasteiger partial charge in [0.1, 0.15) is 5.75 Å². The molecule has 7 heteroatoms. The second-order valence-corrected chi connectivity index (χ2v) is 6.92. The SMILES string of the molecule is CCOc1ccccc1CNC(=O)c1ccc(NS(C)(=O)=O)cc1. The predicted molar refractivity (Wildman–Crippen MR) is 93.7 cm³/mol. The van der Waals surface area contributed by atoms with Crippen LogP contribution in [0.5, 0.6) is 5.75 Å². The molecule has 0 spiro atoms. The lowest BCUT2D eigenvalue weighted by Crippen LogP contribution is -2.23. The molecule has 2 rings (SSSR count). The second kappa shape index (κ2) is 7.83. The Bertz CT molecular complexity index is 802. The van der Waals surface area contributed by atoms with E-state index in [0.717, 1.165) is 17.6 Å². The summed E-state index contributed by atoms with van der Waals surface area (Å²) in [5.41, 5.74) is 1.75. The Morgan fingerprint density at radius 2 is 1.75 bits per heavy atom. The van der Waals surface area contributed by atoms with E-state index in [-0.39, 0.29) is 5.91 Å². The second-order valence-electron chi connectivity index (χ2n) is 5.17. The summed E-state index contributed by atoms with van der Waals surface area (Å²) in [7, 11) is -3.33. The van der Waals surface area contributed by atoms with Gasteiger partial charge in [0.25, 0.3) is 5.91 Å². The molecule has 128 valence electrons. The zero-order valence-electron chi connectivity index (χ0n) is 13.6. The van der Waals surface area contributed by atoms with Gasteiger partial charge >= 0.3 is 0 Å². The van der Waals surface area contributed by atoms with Crippen molar-refractivity contribution in [3.05, 3.63) is 59.7 Å². The summed E-state index contributed by atoms with van der Waals surface area (Å²) in [6, 6.07) is 13.7. The molecule has 0 fully saturated rings. The van der Waals surface area contributed by atoms with Crippen molar-refractivity contribution in [1.29, 1.82) is 0 Å². The van der Waals surface area contributed by atoms with Crippen molar-refractivity contribution in [3.63, 3.8) is 0 Å². The van der Waals surface area contributed by atoms with E-state index < -0.39 is 10.0 Å². The number of rotatable bonds is 7. The average molecular weight is 348 g/mol. The Morgan fingerprint density at radius 1 is 1.08 bits per heavy atom. The fourth-order valence-electron chi connectivity index (χ4n) is 2.13. The van der Waals surface area contributed by atoms with E-state index in [4.69, 9.17) is 4.74 Å². The maximum Gasteiger partial charge on any atom is 0.251 e. The molecular formula is C17H20N2O4S. The molecule has 0 bridgehead atoms. The first-order chi connectivity index (χ1) is 11.4. The zero-order valence-corrected chi connectivity index (χ0v) is 14.4. The van der Waals surface area contributed by atoms with E-state index >= 15 is 0 Å². The molecule has 2 N–H and O–H groups in total. The number of carbonyl (C=O) groups is 1. The van der Waals surface area contributed by atoms with Crippen LogP contribution in [-0.2, 0) is 16.6 Å². The third kappa shape index (κ3) is 5.27. The van der Waals surface area contributed by atoms with E-state index in [1.165, 1.54) is 0 Å².